The van der Waals surface area contributed by atoms with Crippen molar-refractivity contribution in [2.75, 3.05) is 19.8 Å². The van der Waals surface area contributed by atoms with E-state index in [9.17, 15) is 9.59 Å². The van der Waals surface area contributed by atoms with E-state index in [1.165, 1.54) is 11.1 Å². The molecule has 0 aliphatic carbocycles. The number of benzene rings is 3. The molecule has 0 bridgehead atoms. The maximum absolute atomic E-state index is 13.3. The highest BCUT2D eigenvalue weighted by molar-refractivity contribution is 5.81. The van der Waals surface area contributed by atoms with Crippen LogP contribution >= 0.6 is 0 Å². The average Bonchev–Trinajstić information content (AvgIpc) is 3.08. The van der Waals surface area contributed by atoms with Crippen LogP contribution in [-0.4, -0.2) is 55.7 Å². The van der Waals surface area contributed by atoms with Crippen LogP contribution in [0.15, 0.2) is 66.7 Å². The third kappa shape index (κ3) is 10.5. The van der Waals surface area contributed by atoms with Crippen molar-refractivity contribution < 1.29 is 38.0 Å². The predicted octanol–water partition coefficient (Wildman–Crippen LogP) is 7.51. The van der Waals surface area contributed by atoms with Crippen LogP contribution in [-0.2, 0) is 43.2 Å². The molecule has 0 spiro atoms. The molecule has 1 fully saturated rings. The number of hydrogen-bond acceptors (Lipinski definition) is 8. The van der Waals surface area contributed by atoms with E-state index in [0.717, 1.165) is 41.0 Å². The standard InChI is InChI=1S/C40H51NO8/c1-7-29-14-15-30(21-31(29)19-28-13-16-34-36(20-28)45-18-17-44-34)35-23-32(46-24-27-11-9-8-10-12-27)22-33(48-35)25-47-38(42)37(26(2)3)41-39(43)49-40(4,5)6/h8-16,20-21,26,32-33,35,37H,7,17-19,22-25H2,1-6H3,(H,41,43). The van der Waals surface area contributed by atoms with Crippen molar-refractivity contribution in [2.45, 2.75) is 104 Å². The lowest BCUT2D eigenvalue weighted by atomic mass is 9.91. The Morgan fingerprint density at radius 3 is 2.37 bits per heavy atom. The molecule has 9 nitrogen and oxygen atoms in total. The van der Waals surface area contributed by atoms with Crippen molar-refractivity contribution in [3.05, 3.63) is 94.5 Å². The number of rotatable bonds is 12. The fourth-order valence-electron chi connectivity index (χ4n) is 6.19. The van der Waals surface area contributed by atoms with Gasteiger partial charge in [0, 0.05) is 12.8 Å². The fraction of sp³-hybridized carbons (Fsp3) is 0.500. The number of fused-ring (bicyclic) bond motifs is 1. The number of ether oxygens (including phenoxy) is 6. The van der Waals surface area contributed by atoms with Crippen LogP contribution in [0.4, 0.5) is 4.79 Å². The van der Waals surface area contributed by atoms with Gasteiger partial charge in [-0.15, -0.1) is 0 Å². The first-order valence-electron chi connectivity index (χ1n) is 17.4. The Balaban J connectivity index is 1.31. The molecule has 49 heavy (non-hydrogen) atoms. The van der Waals surface area contributed by atoms with Gasteiger partial charge in [0.05, 0.1) is 24.9 Å². The summed E-state index contributed by atoms with van der Waals surface area (Å²) in [4.78, 5) is 25.7. The lowest BCUT2D eigenvalue weighted by molar-refractivity contribution is -0.164. The third-order valence-corrected chi connectivity index (χ3v) is 8.68. The van der Waals surface area contributed by atoms with E-state index < -0.39 is 29.8 Å². The van der Waals surface area contributed by atoms with Crippen LogP contribution in [0.1, 0.15) is 88.3 Å². The lowest BCUT2D eigenvalue weighted by Crippen LogP contribution is -2.48. The summed E-state index contributed by atoms with van der Waals surface area (Å²) in [7, 11) is 0. The van der Waals surface area contributed by atoms with Gasteiger partial charge in [0.2, 0.25) is 0 Å². The van der Waals surface area contributed by atoms with Crippen LogP contribution in [0, 0.1) is 5.92 Å². The minimum Gasteiger partial charge on any atom is -0.486 e. The molecule has 1 amide bonds. The second-order valence-corrected chi connectivity index (χ2v) is 14.2. The summed E-state index contributed by atoms with van der Waals surface area (Å²) < 4.78 is 35.8. The minimum atomic E-state index is -0.857. The molecule has 264 valence electrons. The first-order valence-corrected chi connectivity index (χ1v) is 17.4. The molecule has 4 unspecified atom stereocenters. The lowest BCUT2D eigenvalue weighted by Gasteiger charge is -2.36. The van der Waals surface area contributed by atoms with E-state index in [-0.39, 0.29) is 24.7 Å². The number of carbonyl (C=O) groups excluding carboxylic acids is 2. The number of nitrogens with one attached hydrogen (secondary N) is 1. The van der Waals surface area contributed by atoms with Crippen molar-refractivity contribution >= 4 is 12.1 Å². The highest BCUT2D eigenvalue weighted by atomic mass is 16.6. The quantitative estimate of drug-likeness (QED) is 0.197. The van der Waals surface area contributed by atoms with Gasteiger partial charge in [-0.25, -0.2) is 9.59 Å². The zero-order chi connectivity index (χ0) is 35.0. The maximum atomic E-state index is 13.3. The predicted molar refractivity (Wildman–Crippen MR) is 187 cm³/mol. The molecular weight excluding hydrogens is 622 g/mol. The maximum Gasteiger partial charge on any atom is 0.408 e. The first kappa shape index (κ1) is 36.2. The van der Waals surface area contributed by atoms with Gasteiger partial charge < -0.3 is 33.7 Å². The van der Waals surface area contributed by atoms with Crippen molar-refractivity contribution in [3.8, 4) is 11.5 Å². The molecule has 0 radical (unpaired) electrons. The Kier molecular flexibility index (Phi) is 12.2. The van der Waals surface area contributed by atoms with E-state index in [1.807, 2.05) is 50.2 Å². The van der Waals surface area contributed by atoms with Gasteiger partial charge in [0.25, 0.3) is 0 Å². The van der Waals surface area contributed by atoms with Gasteiger partial charge in [-0.05, 0) is 79.5 Å². The number of alkyl carbamates (subject to hydrolysis) is 1. The topological polar surface area (TPSA) is 102 Å². The summed E-state index contributed by atoms with van der Waals surface area (Å²) in [5, 5.41) is 2.68. The second kappa shape index (κ2) is 16.5. The molecule has 3 aromatic rings. The van der Waals surface area contributed by atoms with Crippen molar-refractivity contribution in [2.24, 2.45) is 5.92 Å². The molecule has 1 saturated heterocycles. The fourth-order valence-corrected chi connectivity index (χ4v) is 6.19. The highest BCUT2D eigenvalue weighted by Crippen LogP contribution is 2.36. The molecule has 2 heterocycles. The molecular formula is C40H51NO8. The molecule has 0 aromatic heterocycles. The molecule has 0 saturated carbocycles. The number of carbonyl (C=O) groups is 2. The van der Waals surface area contributed by atoms with Gasteiger partial charge in [0.15, 0.2) is 11.5 Å². The molecule has 5 rings (SSSR count). The van der Waals surface area contributed by atoms with Crippen molar-refractivity contribution in [3.63, 3.8) is 0 Å². The Morgan fingerprint density at radius 2 is 1.65 bits per heavy atom. The monoisotopic (exact) mass is 673 g/mol. The van der Waals surface area contributed by atoms with E-state index in [0.29, 0.717) is 32.7 Å². The Bertz CT molecular complexity index is 1550. The summed E-state index contributed by atoms with van der Waals surface area (Å²) >= 11 is 0. The van der Waals surface area contributed by atoms with Gasteiger partial charge in [-0.2, -0.15) is 0 Å². The van der Waals surface area contributed by atoms with Gasteiger partial charge in [-0.3, -0.25) is 0 Å². The zero-order valence-corrected chi connectivity index (χ0v) is 29.7. The number of esters is 1. The van der Waals surface area contributed by atoms with Gasteiger partial charge >= 0.3 is 12.1 Å². The minimum absolute atomic E-state index is 0.0385. The molecule has 9 heteroatoms. The van der Waals surface area contributed by atoms with Crippen LogP contribution in [0.5, 0.6) is 11.5 Å². The van der Waals surface area contributed by atoms with Crippen LogP contribution in [0.2, 0.25) is 0 Å². The normalized spacial score (nSPS) is 19.6. The first-order chi connectivity index (χ1) is 23.5. The van der Waals surface area contributed by atoms with E-state index in [2.05, 4.69) is 42.6 Å². The zero-order valence-electron chi connectivity index (χ0n) is 29.7. The molecule has 2 aliphatic heterocycles. The van der Waals surface area contributed by atoms with Crippen LogP contribution in [0.25, 0.3) is 0 Å². The van der Waals surface area contributed by atoms with Crippen molar-refractivity contribution in [1.29, 1.82) is 0 Å². The molecule has 4 atom stereocenters. The van der Waals surface area contributed by atoms with Crippen LogP contribution < -0.4 is 14.8 Å². The SMILES string of the molecule is CCc1ccc(C2CC(OCc3ccccc3)CC(COC(=O)C(NC(=O)OC(C)(C)C)C(C)C)O2)cc1Cc1ccc2c(c1)OCCO2. The highest BCUT2D eigenvalue weighted by Gasteiger charge is 2.34. The number of hydrogen-bond donors (Lipinski definition) is 1. The summed E-state index contributed by atoms with van der Waals surface area (Å²) in [6, 6.07) is 21.9. The Labute approximate surface area is 290 Å². The Morgan fingerprint density at radius 1 is 0.898 bits per heavy atom. The van der Waals surface area contributed by atoms with Gasteiger partial charge in [-0.1, -0.05) is 75.4 Å². The largest absolute Gasteiger partial charge is 0.486 e. The third-order valence-electron chi connectivity index (χ3n) is 8.68. The van der Waals surface area contributed by atoms with Gasteiger partial charge in [0.1, 0.15) is 31.5 Å². The summed E-state index contributed by atoms with van der Waals surface area (Å²) in [6.07, 6.45) is 1.46. The molecule has 2 aliphatic rings. The second-order valence-electron chi connectivity index (χ2n) is 14.2. The summed E-state index contributed by atoms with van der Waals surface area (Å²) in [6.45, 7) is 12.8. The van der Waals surface area contributed by atoms with Crippen LogP contribution in [0.3, 0.4) is 0 Å². The van der Waals surface area contributed by atoms with E-state index >= 15 is 0 Å². The number of amides is 1. The molecule has 1 N–H and O–H groups in total. The summed E-state index contributed by atoms with van der Waals surface area (Å²) in [5.74, 6) is 0.836. The van der Waals surface area contributed by atoms with E-state index in [4.69, 9.17) is 28.4 Å². The Hall–Kier alpha value is -4.08. The number of aryl methyl sites for hydroxylation is 1. The molecule has 3 aromatic carbocycles. The van der Waals surface area contributed by atoms with E-state index in [1.54, 1.807) is 20.8 Å². The summed E-state index contributed by atoms with van der Waals surface area (Å²) in [5.41, 5.74) is 5.11. The smallest absolute Gasteiger partial charge is 0.408 e. The van der Waals surface area contributed by atoms with Crippen molar-refractivity contribution in [1.82, 2.24) is 5.32 Å². The average molecular weight is 674 g/mol.